The Morgan fingerprint density at radius 1 is 1.47 bits per heavy atom. The van der Waals surface area contributed by atoms with Gasteiger partial charge in [-0.05, 0) is 49.9 Å². The summed E-state index contributed by atoms with van der Waals surface area (Å²) in [6, 6.07) is 5.67. The van der Waals surface area contributed by atoms with Gasteiger partial charge in [-0.1, -0.05) is 6.07 Å². The van der Waals surface area contributed by atoms with E-state index in [9.17, 15) is 9.90 Å². The van der Waals surface area contributed by atoms with Crippen LogP contribution in [0.5, 0.6) is 5.75 Å². The zero-order valence-electron chi connectivity index (χ0n) is 11.6. The normalized spacial score (nSPS) is 18.0. The van der Waals surface area contributed by atoms with Crippen molar-refractivity contribution >= 4 is 5.97 Å². The number of aliphatic hydroxyl groups excluding tert-OH is 1. The molecule has 1 aromatic carbocycles. The molecule has 0 spiro atoms. The minimum Gasteiger partial charge on any atom is -0.492 e. The molecular formula is C15H20O4. The molecule has 1 aromatic rings. The Bertz CT molecular complexity index is 479. The van der Waals surface area contributed by atoms with Crippen molar-refractivity contribution in [1.29, 1.82) is 0 Å². The Hall–Kier alpha value is -1.55. The SMILES string of the molecule is COC(=O)C(C)(C)COc1ccc2c(c1)CCC2O. The number of aryl methyl sites for hydroxylation is 1. The number of fused-ring (bicyclic) bond motifs is 1. The fourth-order valence-electron chi connectivity index (χ4n) is 2.26. The van der Waals surface area contributed by atoms with Gasteiger partial charge in [0.1, 0.15) is 12.4 Å². The van der Waals surface area contributed by atoms with Gasteiger partial charge < -0.3 is 14.6 Å². The summed E-state index contributed by atoms with van der Waals surface area (Å²) in [7, 11) is 1.38. The summed E-state index contributed by atoms with van der Waals surface area (Å²) in [5.41, 5.74) is 1.44. The van der Waals surface area contributed by atoms with Crippen molar-refractivity contribution in [3.63, 3.8) is 0 Å². The summed E-state index contributed by atoms with van der Waals surface area (Å²) in [5.74, 6) is 0.439. The summed E-state index contributed by atoms with van der Waals surface area (Å²) in [4.78, 5) is 11.5. The molecular weight excluding hydrogens is 244 g/mol. The van der Waals surface area contributed by atoms with E-state index < -0.39 is 5.41 Å². The average Bonchev–Trinajstić information content (AvgIpc) is 2.77. The van der Waals surface area contributed by atoms with Crippen molar-refractivity contribution in [3.05, 3.63) is 29.3 Å². The van der Waals surface area contributed by atoms with Crippen LogP contribution in [0.4, 0.5) is 0 Å². The van der Waals surface area contributed by atoms with Crippen molar-refractivity contribution < 1.29 is 19.4 Å². The molecule has 1 N–H and O–H groups in total. The van der Waals surface area contributed by atoms with Gasteiger partial charge in [0.25, 0.3) is 0 Å². The van der Waals surface area contributed by atoms with Crippen LogP contribution in [0.1, 0.15) is 37.5 Å². The number of hydrogen-bond donors (Lipinski definition) is 1. The first kappa shape index (κ1) is 13.9. The van der Waals surface area contributed by atoms with E-state index in [0.29, 0.717) is 0 Å². The topological polar surface area (TPSA) is 55.8 Å². The van der Waals surface area contributed by atoms with Crippen LogP contribution < -0.4 is 4.74 Å². The largest absolute Gasteiger partial charge is 0.492 e. The number of aliphatic hydroxyl groups is 1. The van der Waals surface area contributed by atoms with Gasteiger partial charge in [0.05, 0.1) is 18.6 Å². The Balaban J connectivity index is 2.03. The number of ether oxygens (including phenoxy) is 2. The van der Waals surface area contributed by atoms with E-state index in [4.69, 9.17) is 9.47 Å². The van der Waals surface area contributed by atoms with Crippen molar-refractivity contribution in [2.45, 2.75) is 32.8 Å². The van der Waals surface area contributed by atoms with Crippen LogP contribution in [0, 0.1) is 5.41 Å². The molecule has 4 nitrogen and oxygen atoms in total. The van der Waals surface area contributed by atoms with E-state index >= 15 is 0 Å². The number of esters is 1. The van der Waals surface area contributed by atoms with Gasteiger partial charge in [-0.15, -0.1) is 0 Å². The van der Waals surface area contributed by atoms with Gasteiger partial charge in [-0.3, -0.25) is 4.79 Å². The molecule has 4 heteroatoms. The number of rotatable bonds is 4. The maximum absolute atomic E-state index is 11.5. The van der Waals surface area contributed by atoms with Crippen LogP contribution in [-0.2, 0) is 16.0 Å². The second-order valence-electron chi connectivity index (χ2n) is 5.58. The molecule has 1 aliphatic carbocycles. The second kappa shape index (κ2) is 5.21. The van der Waals surface area contributed by atoms with Crippen LogP contribution in [0.25, 0.3) is 0 Å². The summed E-state index contributed by atoms with van der Waals surface area (Å²) >= 11 is 0. The van der Waals surface area contributed by atoms with Crippen LogP contribution in [0.15, 0.2) is 18.2 Å². The molecule has 1 unspecified atom stereocenters. The lowest BCUT2D eigenvalue weighted by molar-refractivity contribution is -0.152. The Morgan fingerprint density at radius 3 is 2.89 bits per heavy atom. The molecule has 0 aromatic heterocycles. The van der Waals surface area contributed by atoms with E-state index in [2.05, 4.69) is 0 Å². The molecule has 0 fully saturated rings. The quantitative estimate of drug-likeness (QED) is 0.847. The number of hydrogen-bond acceptors (Lipinski definition) is 4. The average molecular weight is 264 g/mol. The van der Waals surface area contributed by atoms with Crippen LogP contribution in [0.2, 0.25) is 0 Å². The minimum atomic E-state index is -0.673. The van der Waals surface area contributed by atoms with Crippen molar-refractivity contribution in [3.8, 4) is 5.75 Å². The molecule has 1 atom stereocenters. The zero-order chi connectivity index (χ0) is 14.0. The van der Waals surface area contributed by atoms with E-state index in [1.807, 2.05) is 18.2 Å². The first-order valence-corrected chi connectivity index (χ1v) is 6.46. The van der Waals surface area contributed by atoms with Gasteiger partial charge >= 0.3 is 5.97 Å². The molecule has 0 amide bonds. The fourth-order valence-corrected chi connectivity index (χ4v) is 2.26. The molecule has 19 heavy (non-hydrogen) atoms. The van der Waals surface area contributed by atoms with Crippen LogP contribution in [0.3, 0.4) is 0 Å². The van der Waals surface area contributed by atoms with E-state index in [1.165, 1.54) is 7.11 Å². The highest BCUT2D eigenvalue weighted by atomic mass is 16.5. The monoisotopic (exact) mass is 264 g/mol. The lowest BCUT2D eigenvalue weighted by Crippen LogP contribution is -2.32. The Morgan fingerprint density at radius 2 is 2.21 bits per heavy atom. The number of benzene rings is 1. The Kier molecular flexibility index (Phi) is 3.80. The molecule has 0 bridgehead atoms. The highest BCUT2D eigenvalue weighted by molar-refractivity contribution is 5.75. The lowest BCUT2D eigenvalue weighted by atomic mass is 9.95. The summed E-state index contributed by atoms with van der Waals surface area (Å²) < 4.78 is 10.4. The number of carbonyl (C=O) groups excluding carboxylic acids is 1. The van der Waals surface area contributed by atoms with Crippen molar-refractivity contribution in [2.24, 2.45) is 5.41 Å². The first-order chi connectivity index (χ1) is 8.94. The third-order valence-electron chi connectivity index (χ3n) is 3.50. The Labute approximate surface area is 113 Å². The molecule has 0 aliphatic heterocycles. The fraction of sp³-hybridized carbons (Fsp3) is 0.533. The molecule has 0 saturated carbocycles. The number of carbonyl (C=O) groups is 1. The van der Waals surface area contributed by atoms with E-state index in [-0.39, 0.29) is 18.7 Å². The van der Waals surface area contributed by atoms with Gasteiger partial charge in [0.2, 0.25) is 0 Å². The van der Waals surface area contributed by atoms with E-state index in [0.717, 1.165) is 29.7 Å². The van der Waals surface area contributed by atoms with Gasteiger partial charge in [0, 0.05) is 0 Å². The highest BCUT2D eigenvalue weighted by Gasteiger charge is 2.30. The highest BCUT2D eigenvalue weighted by Crippen LogP contribution is 2.33. The second-order valence-corrected chi connectivity index (χ2v) is 5.58. The zero-order valence-corrected chi connectivity index (χ0v) is 11.6. The summed E-state index contributed by atoms with van der Waals surface area (Å²) in [5, 5.41) is 9.73. The molecule has 0 heterocycles. The number of methoxy groups -OCH3 is 1. The lowest BCUT2D eigenvalue weighted by Gasteiger charge is -2.21. The van der Waals surface area contributed by atoms with Crippen molar-refractivity contribution in [2.75, 3.05) is 13.7 Å². The molecule has 0 radical (unpaired) electrons. The predicted octanol–water partition coefficient (Wildman–Crippen LogP) is 2.24. The third kappa shape index (κ3) is 2.89. The maximum Gasteiger partial charge on any atom is 0.314 e. The molecule has 104 valence electrons. The van der Waals surface area contributed by atoms with E-state index in [1.54, 1.807) is 13.8 Å². The minimum absolute atomic E-state index is 0.265. The van der Waals surface area contributed by atoms with Crippen LogP contribution in [-0.4, -0.2) is 24.8 Å². The van der Waals surface area contributed by atoms with Gasteiger partial charge in [0.15, 0.2) is 0 Å². The van der Waals surface area contributed by atoms with Crippen LogP contribution >= 0.6 is 0 Å². The van der Waals surface area contributed by atoms with Crippen molar-refractivity contribution in [1.82, 2.24) is 0 Å². The maximum atomic E-state index is 11.5. The molecule has 1 aliphatic rings. The third-order valence-corrected chi connectivity index (χ3v) is 3.50. The first-order valence-electron chi connectivity index (χ1n) is 6.46. The summed E-state index contributed by atoms with van der Waals surface area (Å²) in [6.45, 7) is 3.84. The summed E-state index contributed by atoms with van der Waals surface area (Å²) in [6.07, 6.45) is 1.29. The van der Waals surface area contributed by atoms with Gasteiger partial charge in [-0.25, -0.2) is 0 Å². The smallest absolute Gasteiger partial charge is 0.314 e. The predicted molar refractivity (Wildman–Crippen MR) is 71.0 cm³/mol. The van der Waals surface area contributed by atoms with Gasteiger partial charge in [-0.2, -0.15) is 0 Å². The standard InChI is InChI=1S/C15H20O4/c1-15(2,14(17)18-3)9-19-11-5-6-12-10(8-11)4-7-13(12)16/h5-6,8,13,16H,4,7,9H2,1-3H3. The molecule has 0 saturated heterocycles. The molecule has 2 rings (SSSR count).